The summed E-state index contributed by atoms with van der Waals surface area (Å²) in [6.07, 6.45) is 7.23. The lowest BCUT2D eigenvalue weighted by Crippen LogP contribution is -2.00. The van der Waals surface area contributed by atoms with Gasteiger partial charge >= 0.3 is 0 Å². The van der Waals surface area contributed by atoms with E-state index in [-0.39, 0.29) is 0 Å². The molecule has 17 heavy (non-hydrogen) atoms. The summed E-state index contributed by atoms with van der Waals surface area (Å²) in [4.78, 5) is 0. The molecule has 1 saturated carbocycles. The molecule has 0 bridgehead atoms. The second-order valence-corrected chi connectivity index (χ2v) is 5.20. The highest BCUT2D eigenvalue weighted by atomic mass is 15.0. The maximum absolute atomic E-state index is 5.55. The van der Waals surface area contributed by atoms with Crippen molar-refractivity contribution in [2.75, 3.05) is 6.54 Å². The molecule has 2 heteroatoms. The van der Waals surface area contributed by atoms with Crippen molar-refractivity contribution in [2.24, 2.45) is 11.7 Å². The molecule has 1 aliphatic rings. The Balaban J connectivity index is 1.84. The van der Waals surface area contributed by atoms with Crippen LogP contribution in [0.1, 0.15) is 24.8 Å². The molecule has 90 valence electrons. The van der Waals surface area contributed by atoms with Gasteiger partial charge in [0, 0.05) is 18.3 Å². The minimum atomic E-state index is 0.779. The van der Waals surface area contributed by atoms with Gasteiger partial charge in [-0.3, -0.25) is 0 Å². The lowest BCUT2D eigenvalue weighted by atomic mass is 10.1. The molecule has 1 aromatic carbocycles. The van der Waals surface area contributed by atoms with Gasteiger partial charge in [0.05, 0.1) is 0 Å². The minimum absolute atomic E-state index is 0.779. The predicted molar refractivity (Wildman–Crippen MR) is 72.0 cm³/mol. The van der Waals surface area contributed by atoms with Crippen LogP contribution in [0.4, 0.5) is 0 Å². The molecule has 1 heterocycles. The average Bonchev–Trinajstić information content (AvgIpc) is 3.08. The molecular formula is C15H20N2. The Hall–Kier alpha value is -1.28. The van der Waals surface area contributed by atoms with Crippen molar-refractivity contribution in [3.05, 3.63) is 36.0 Å². The van der Waals surface area contributed by atoms with E-state index in [1.165, 1.54) is 35.9 Å². The second-order valence-electron chi connectivity index (χ2n) is 5.20. The number of fused-ring (bicyclic) bond motifs is 1. The maximum Gasteiger partial charge on any atom is 0.0480 e. The molecule has 0 atom stereocenters. The molecule has 1 aromatic heterocycles. The molecule has 3 rings (SSSR count). The summed E-state index contributed by atoms with van der Waals surface area (Å²) in [5.74, 6) is 0.933. The molecule has 2 nitrogen and oxygen atoms in total. The second kappa shape index (κ2) is 4.53. The first-order chi connectivity index (χ1) is 8.36. The Kier molecular flexibility index (Phi) is 2.89. The number of aryl methyl sites for hydroxylation is 1. The monoisotopic (exact) mass is 228 g/mol. The Bertz CT molecular complexity index is 509. The number of benzene rings is 1. The lowest BCUT2D eigenvalue weighted by Gasteiger charge is -2.05. The third-order valence-electron chi connectivity index (χ3n) is 3.66. The van der Waals surface area contributed by atoms with Gasteiger partial charge < -0.3 is 10.3 Å². The van der Waals surface area contributed by atoms with Crippen LogP contribution in [0.25, 0.3) is 10.9 Å². The van der Waals surface area contributed by atoms with Gasteiger partial charge in [0.15, 0.2) is 0 Å². The minimum Gasteiger partial charge on any atom is -0.347 e. The molecule has 2 aromatic rings. The number of nitrogens with two attached hydrogens (primary N) is 1. The zero-order valence-electron chi connectivity index (χ0n) is 10.2. The van der Waals surface area contributed by atoms with E-state index in [1.54, 1.807) is 0 Å². The summed E-state index contributed by atoms with van der Waals surface area (Å²) in [7, 11) is 0. The first-order valence-corrected chi connectivity index (χ1v) is 6.64. The first kappa shape index (κ1) is 10.8. The van der Waals surface area contributed by atoms with Gasteiger partial charge in [0.25, 0.3) is 0 Å². The fraction of sp³-hybridized carbons (Fsp3) is 0.467. The van der Waals surface area contributed by atoms with Crippen molar-refractivity contribution in [3.63, 3.8) is 0 Å². The van der Waals surface area contributed by atoms with Crippen LogP contribution >= 0.6 is 0 Å². The molecule has 0 unspecified atom stereocenters. The predicted octanol–water partition coefficient (Wildman–Crippen LogP) is 2.94. The summed E-state index contributed by atoms with van der Waals surface area (Å²) in [5.41, 5.74) is 8.34. The molecular weight excluding hydrogens is 208 g/mol. The third kappa shape index (κ3) is 2.37. The van der Waals surface area contributed by atoms with E-state index in [0.29, 0.717) is 0 Å². The number of aromatic nitrogens is 1. The average molecular weight is 228 g/mol. The standard InChI is InChI=1S/C15H20N2/c16-8-1-2-12-5-6-15-14(10-12)7-9-17(15)11-13-3-4-13/h5-7,9-10,13H,1-4,8,11,16H2. The van der Waals surface area contributed by atoms with Crippen LogP contribution in [0.15, 0.2) is 30.5 Å². The summed E-state index contributed by atoms with van der Waals surface area (Å²) in [5, 5.41) is 1.38. The summed E-state index contributed by atoms with van der Waals surface area (Å²) >= 11 is 0. The highest BCUT2D eigenvalue weighted by Gasteiger charge is 2.21. The van der Waals surface area contributed by atoms with Gasteiger partial charge in [-0.25, -0.2) is 0 Å². The van der Waals surface area contributed by atoms with Crippen LogP contribution in [0, 0.1) is 5.92 Å². The van der Waals surface area contributed by atoms with Crippen LogP contribution < -0.4 is 5.73 Å². The van der Waals surface area contributed by atoms with Gasteiger partial charge in [0.2, 0.25) is 0 Å². The molecule has 1 fully saturated rings. The van der Waals surface area contributed by atoms with Crippen LogP contribution in [0.5, 0.6) is 0 Å². The van der Waals surface area contributed by atoms with Crippen LogP contribution in [-0.4, -0.2) is 11.1 Å². The fourth-order valence-electron chi connectivity index (χ4n) is 2.45. The Morgan fingerprint density at radius 2 is 2.12 bits per heavy atom. The van der Waals surface area contributed by atoms with Gasteiger partial charge in [-0.1, -0.05) is 6.07 Å². The first-order valence-electron chi connectivity index (χ1n) is 6.64. The maximum atomic E-state index is 5.55. The van der Waals surface area contributed by atoms with Crippen LogP contribution in [0.2, 0.25) is 0 Å². The van der Waals surface area contributed by atoms with E-state index < -0.39 is 0 Å². The number of nitrogens with zero attached hydrogens (tertiary/aromatic N) is 1. The van der Waals surface area contributed by atoms with Crippen molar-refractivity contribution in [3.8, 4) is 0 Å². The van der Waals surface area contributed by atoms with E-state index in [4.69, 9.17) is 5.73 Å². The molecule has 0 saturated heterocycles. The third-order valence-corrected chi connectivity index (χ3v) is 3.66. The van der Waals surface area contributed by atoms with Gasteiger partial charge in [0.1, 0.15) is 0 Å². The fourth-order valence-corrected chi connectivity index (χ4v) is 2.45. The molecule has 0 spiro atoms. The number of hydrogen-bond acceptors (Lipinski definition) is 1. The zero-order chi connectivity index (χ0) is 11.7. The highest BCUT2D eigenvalue weighted by Crippen LogP contribution is 2.32. The van der Waals surface area contributed by atoms with Crippen LogP contribution in [0.3, 0.4) is 0 Å². The molecule has 0 radical (unpaired) electrons. The SMILES string of the molecule is NCCCc1ccc2c(ccn2CC2CC2)c1. The normalized spacial score (nSPS) is 15.6. The summed E-state index contributed by atoms with van der Waals surface area (Å²) in [6, 6.07) is 9.07. The van der Waals surface area contributed by atoms with Crippen molar-refractivity contribution in [1.29, 1.82) is 0 Å². The topological polar surface area (TPSA) is 30.9 Å². The number of hydrogen-bond donors (Lipinski definition) is 1. The summed E-state index contributed by atoms with van der Waals surface area (Å²) in [6.45, 7) is 1.98. The molecule has 0 amide bonds. The van der Waals surface area contributed by atoms with Gasteiger partial charge in [-0.15, -0.1) is 0 Å². The number of rotatable bonds is 5. The van der Waals surface area contributed by atoms with Gasteiger partial charge in [-0.2, -0.15) is 0 Å². The Morgan fingerprint density at radius 1 is 1.24 bits per heavy atom. The molecule has 2 N–H and O–H groups in total. The van der Waals surface area contributed by atoms with E-state index in [9.17, 15) is 0 Å². The molecule has 1 aliphatic carbocycles. The highest BCUT2D eigenvalue weighted by molar-refractivity contribution is 5.80. The Morgan fingerprint density at radius 3 is 2.88 bits per heavy atom. The molecule has 0 aliphatic heterocycles. The van der Waals surface area contributed by atoms with E-state index in [2.05, 4.69) is 35.0 Å². The van der Waals surface area contributed by atoms with Crippen molar-refractivity contribution in [1.82, 2.24) is 4.57 Å². The smallest absolute Gasteiger partial charge is 0.0480 e. The van der Waals surface area contributed by atoms with Gasteiger partial charge in [-0.05, 0) is 67.3 Å². The van der Waals surface area contributed by atoms with E-state index in [1.807, 2.05) is 0 Å². The van der Waals surface area contributed by atoms with E-state index >= 15 is 0 Å². The Labute approximate surface area is 102 Å². The lowest BCUT2D eigenvalue weighted by molar-refractivity contribution is 0.647. The summed E-state index contributed by atoms with van der Waals surface area (Å²) < 4.78 is 2.40. The van der Waals surface area contributed by atoms with Crippen molar-refractivity contribution >= 4 is 10.9 Å². The van der Waals surface area contributed by atoms with Crippen LogP contribution in [-0.2, 0) is 13.0 Å². The largest absolute Gasteiger partial charge is 0.347 e. The zero-order valence-corrected chi connectivity index (χ0v) is 10.2. The van der Waals surface area contributed by atoms with E-state index in [0.717, 1.165) is 25.3 Å². The van der Waals surface area contributed by atoms with Crippen molar-refractivity contribution < 1.29 is 0 Å². The quantitative estimate of drug-likeness (QED) is 0.838. The van der Waals surface area contributed by atoms with Crippen molar-refractivity contribution in [2.45, 2.75) is 32.2 Å².